The average Bonchev–Trinajstić information content (AvgIpc) is 2.48. The molecule has 9 heteroatoms. The van der Waals surface area contributed by atoms with Crippen molar-refractivity contribution in [3.05, 3.63) is 0 Å². The maximum atomic E-state index is 10.6. The van der Waals surface area contributed by atoms with Gasteiger partial charge in [-0.3, -0.25) is 0 Å². The fourth-order valence-electron chi connectivity index (χ4n) is 1.70. The summed E-state index contributed by atoms with van der Waals surface area (Å²) in [6.45, 7) is 0. The molecule has 1 aliphatic carbocycles. The van der Waals surface area contributed by atoms with Crippen LogP contribution in [0.1, 0.15) is 19.3 Å². The third kappa shape index (κ3) is 5.12. The molecular weight excluding hydrogens is 261 g/mol. The first kappa shape index (κ1) is 23.5. The van der Waals surface area contributed by atoms with Crippen LogP contribution in [0.2, 0.25) is 0 Å². The van der Waals surface area contributed by atoms with E-state index in [1.807, 2.05) is 0 Å². The van der Waals surface area contributed by atoms with Crippen molar-refractivity contribution in [2.45, 2.75) is 19.3 Å². The molecular formula is C8H7Na3O6. The predicted octanol–water partition coefficient (Wildman–Crippen LogP) is -13.0. The zero-order chi connectivity index (χ0) is 10.9. The van der Waals surface area contributed by atoms with E-state index in [1.165, 1.54) is 0 Å². The normalized spacial score (nSPS) is 20.1. The molecule has 1 fully saturated rings. The van der Waals surface area contributed by atoms with E-state index >= 15 is 0 Å². The van der Waals surface area contributed by atoms with Gasteiger partial charge in [0, 0.05) is 5.97 Å². The molecule has 1 atom stereocenters. The van der Waals surface area contributed by atoms with Gasteiger partial charge < -0.3 is 29.7 Å². The first-order valence-corrected chi connectivity index (χ1v) is 4.04. The molecule has 1 aliphatic rings. The standard InChI is InChI=1S/C8H10O6.3Na/c9-5(10)4-1-2-8(3-4,6(11)12)7(13)14;;;/h4H,1-3H2,(H,9,10)(H,11,12)(H,13,14);;;/q;3*+1/p-3. The van der Waals surface area contributed by atoms with Crippen molar-refractivity contribution in [1.29, 1.82) is 0 Å². The number of rotatable bonds is 3. The summed E-state index contributed by atoms with van der Waals surface area (Å²) in [5.74, 6) is -6.07. The minimum absolute atomic E-state index is 0. The van der Waals surface area contributed by atoms with Gasteiger partial charge in [0.25, 0.3) is 0 Å². The van der Waals surface area contributed by atoms with Gasteiger partial charge in [0.2, 0.25) is 0 Å². The molecule has 0 heterocycles. The Kier molecular flexibility index (Phi) is 12.9. The summed E-state index contributed by atoms with van der Waals surface area (Å²) in [4.78, 5) is 31.6. The third-order valence-electron chi connectivity index (χ3n) is 2.63. The Labute approximate surface area is 164 Å². The van der Waals surface area contributed by atoms with Crippen molar-refractivity contribution >= 4 is 17.9 Å². The van der Waals surface area contributed by atoms with Gasteiger partial charge in [-0.2, -0.15) is 0 Å². The smallest absolute Gasteiger partial charge is 0.550 e. The molecule has 1 saturated carbocycles. The van der Waals surface area contributed by atoms with Crippen LogP contribution in [0, 0.1) is 11.3 Å². The number of hydrogen-bond donors (Lipinski definition) is 0. The zero-order valence-electron chi connectivity index (χ0n) is 10.1. The van der Waals surface area contributed by atoms with Crippen molar-refractivity contribution < 1.29 is 118 Å². The van der Waals surface area contributed by atoms with Crippen LogP contribution in [-0.4, -0.2) is 17.9 Å². The van der Waals surface area contributed by atoms with Gasteiger partial charge in [0.1, 0.15) is 0 Å². The van der Waals surface area contributed by atoms with Crippen molar-refractivity contribution in [2.24, 2.45) is 11.3 Å². The molecule has 6 nitrogen and oxygen atoms in total. The quantitative estimate of drug-likeness (QED) is 0.370. The molecule has 0 aliphatic heterocycles. The summed E-state index contributed by atoms with van der Waals surface area (Å²) >= 11 is 0. The summed E-state index contributed by atoms with van der Waals surface area (Å²) in [6, 6.07) is 0. The Hall–Kier alpha value is 1.41. The first-order chi connectivity index (χ1) is 6.40. The molecule has 0 aromatic carbocycles. The van der Waals surface area contributed by atoms with E-state index in [0.717, 1.165) is 0 Å². The minimum Gasteiger partial charge on any atom is -0.550 e. The molecule has 0 bridgehead atoms. The summed E-state index contributed by atoms with van der Waals surface area (Å²) in [5, 5.41) is 31.6. The largest absolute Gasteiger partial charge is 1.00 e. The summed E-state index contributed by atoms with van der Waals surface area (Å²) in [7, 11) is 0. The van der Waals surface area contributed by atoms with Crippen molar-refractivity contribution in [2.75, 3.05) is 0 Å². The zero-order valence-corrected chi connectivity index (χ0v) is 16.1. The van der Waals surface area contributed by atoms with Crippen LogP contribution < -0.4 is 104 Å². The van der Waals surface area contributed by atoms with Crippen LogP contribution in [0.15, 0.2) is 0 Å². The second-order valence-corrected chi connectivity index (χ2v) is 3.42. The monoisotopic (exact) mass is 268 g/mol. The molecule has 0 saturated heterocycles. The number of hydrogen-bond acceptors (Lipinski definition) is 6. The number of carbonyl (C=O) groups is 3. The Balaban J connectivity index is -0.000000653. The van der Waals surface area contributed by atoms with Gasteiger partial charge in [-0.25, -0.2) is 0 Å². The molecule has 1 unspecified atom stereocenters. The molecule has 0 aromatic rings. The second-order valence-electron chi connectivity index (χ2n) is 3.42. The van der Waals surface area contributed by atoms with E-state index in [-0.39, 0.29) is 102 Å². The topological polar surface area (TPSA) is 120 Å². The van der Waals surface area contributed by atoms with Crippen molar-refractivity contribution in [1.82, 2.24) is 0 Å². The van der Waals surface area contributed by atoms with Gasteiger partial charge in [0.15, 0.2) is 0 Å². The van der Waals surface area contributed by atoms with E-state index in [2.05, 4.69) is 0 Å². The van der Waals surface area contributed by atoms with Crippen LogP contribution in [0.25, 0.3) is 0 Å². The second kappa shape index (κ2) is 9.34. The van der Waals surface area contributed by atoms with Crippen molar-refractivity contribution in [3.8, 4) is 0 Å². The van der Waals surface area contributed by atoms with Gasteiger partial charge in [-0.05, 0) is 25.2 Å². The van der Waals surface area contributed by atoms with Crippen LogP contribution in [0.3, 0.4) is 0 Å². The van der Waals surface area contributed by atoms with Crippen LogP contribution in [-0.2, 0) is 14.4 Å². The van der Waals surface area contributed by atoms with E-state index < -0.39 is 35.7 Å². The Morgan fingerprint density at radius 2 is 1.35 bits per heavy atom. The van der Waals surface area contributed by atoms with Crippen LogP contribution in [0.5, 0.6) is 0 Å². The molecule has 0 amide bonds. The number of carboxylic acids is 3. The van der Waals surface area contributed by atoms with Crippen LogP contribution in [0.4, 0.5) is 0 Å². The minimum atomic E-state index is -2.16. The molecule has 0 N–H and O–H groups in total. The summed E-state index contributed by atoms with van der Waals surface area (Å²) < 4.78 is 0. The first-order valence-electron chi connectivity index (χ1n) is 4.04. The van der Waals surface area contributed by atoms with Gasteiger partial charge in [-0.15, -0.1) is 0 Å². The Bertz CT molecular complexity index is 292. The summed E-state index contributed by atoms with van der Waals surface area (Å²) in [6.07, 6.45) is -0.833. The van der Waals surface area contributed by atoms with E-state index in [1.54, 1.807) is 0 Å². The Morgan fingerprint density at radius 1 is 0.941 bits per heavy atom. The van der Waals surface area contributed by atoms with Gasteiger partial charge in [-0.1, -0.05) is 0 Å². The number of aliphatic carboxylic acids is 3. The van der Waals surface area contributed by atoms with E-state index in [9.17, 15) is 29.7 Å². The number of carboxylic acid groups (broad SMARTS) is 3. The van der Waals surface area contributed by atoms with Gasteiger partial charge >= 0.3 is 88.7 Å². The summed E-state index contributed by atoms with van der Waals surface area (Å²) in [5.41, 5.74) is -2.16. The van der Waals surface area contributed by atoms with Crippen LogP contribution >= 0.6 is 0 Å². The Morgan fingerprint density at radius 3 is 1.53 bits per heavy atom. The maximum absolute atomic E-state index is 10.6. The van der Waals surface area contributed by atoms with E-state index in [0.29, 0.717) is 0 Å². The predicted molar refractivity (Wildman–Crippen MR) is 34.8 cm³/mol. The SMILES string of the molecule is O=C([O-])C1CCC(C(=O)[O-])(C(=O)[O-])C1.[Na+].[Na+].[Na+]. The van der Waals surface area contributed by atoms with Gasteiger partial charge in [0.05, 0.1) is 17.4 Å². The fourth-order valence-corrected chi connectivity index (χ4v) is 1.70. The average molecular weight is 268 g/mol. The molecule has 0 spiro atoms. The maximum Gasteiger partial charge on any atom is 1.00 e. The van der Waals surface area contributed by atoms with E-state index in [4.69, 9.17) is 0 Å². The fraction of sp³-hybridized carbons (Fsp3) is 0.625. The van der Waals surface area contributed by atoms with Crippen molar-refractivity contribution in [3.63, 3.8) is 0 Å². The molecule has 0 radical (unpaired) electrons. The molecule has 78 valence electrons. The molecule has 17 heavy (non-hydrogen) atoms. The molecule has 1 rings (SSSR count). The third-order valence-corrected chi connectivity index (χ3v) is 2.63. The molecule has 0 aromatic heterocycles. The number of carbonyl (C=O) groups excluding carboxylic acids is 3.